The molecule has 0 aromatic heterocycles. The Balaban J connectivity index is 0.00000176. The SMILES string of the molecule is Cl.NCC1COC(=O)N1c1ccc(N2CCOCC2=O)cc1. The van der Waals surface area contributed by atoms with Gasteiger partial charge in [0.25, 0.3) is 5.91 Å². The molecule has 2 heterocycles. The van der Waals surface area contributed by atoms with Gasteiger partial charge in [0.05, 0.1) is 12.6 Å². The lowest BCUT2D eigenvalue weighted by atomic mass is 10.2. The van der Waals surface area contributed by atoms with Gasteiger partial charge in [0.2, 0.25) is 0 Å². The summed E-state index contributed by atoms with van der Waals surface area (Å²) >= 11 is 0. The first-order valence-corrected chi connectivity index (χ1v) is 6.85. The molecule has 0 bridgehead atoms. The standard InChI is InChI=1S/C14H17N3O4.ClH/c15-7-12-8-21-14(19)17(12)11-3-1-10(2-4-11)16-5-6-20-9-13(16)18;/h1-4,12H,5-9,15H2;1H. The normalized spacial score (nSPS) is 21.6. The van der Waals surface area contributed by atoms with E-state index in [2.05, 4.69) is 0 Å². The number of carbonyl (C=O) groups excluding carboxylic acids is 2. The number of halogens is 1. The number of ether oxygens (including phenoxy) is 2. The molecule has 1 atom stereocenters. The van der Waals surface area contributed by atoms with Crippen LogP contribution in [0, 0.1) is 0 Å². The van der Waals surface area contributed by atoms with Crippen molar-refractivity contribution in [1.29, 1.82) is 0 Å². The summed E-state index contributed by atoms with van der Waals surface area (Å²) in [5.41, 5.74) is 7.16. The number of hydrogen-bond acceptors (Lipinski definition) is 5. The Kier molecular flexibility index (Phi) is 5.23. The van der Waals surface area contributed by atoms with Gasteiger partial charge in [0.15, 0.2) is 0 Å². The number of rotatable bonds is 3. The number of cyclic esters (lactones) is 1. The molecule has 2 N–H and O–H groups in total. The third-order valence-electron chi connectivity index (χ3n) is 3.66. The van der Waals surface area contributed by atoms with Crippen molar-refractivity contribution in [3.63, 3.8) is 0 Å². The number of carbonyl (C=O) groups is 2. The van der Waals surface area contributed by atoms with E-state index in [4.69, 9.17) is 15.2 Å². The van der Waals surface area contributed by atoms with Gasteiger partial charge in [-0.05, 0) is 24.3 Å². The van der Waals surface area contributed by atoms with Crippen LogP contribution in [0.4, 0.5) is 16.2 Å². The first-order chi connectivity index (χ1) is 10.2. The fraction of sp³-hybridized carbons (Fsp3) is 0.429. The lowest BCUT2D eigenvalue weighted by Crippen LogP contribution is -2.41. The molecule has 1 aromatic carbocycles. The smallest absolute Gasteiger partial charge is 0.414 e. The van der Waals surface area contributed by atoms with Gasteiger partial charge in [-0.25, -0.2) is 4.79 Å². The van der Waals surface area contributed by atoms with Crippen molar-refractivity contribution in [2.75, 3.05) is 42.7 Å². The van der Waals surface area contributed by atoms with Gasteiger partial charge in [-0.2, -0.15) is 0 Å². The van der Waals surface area contributed by atoms with E-state index in [9.17, 15) is 9.59 Å². The predicted octanol–water partition coefficient (Wildman–Crippen LogP) is 0.755. The van der Waals surface area contributed by atoms with Crippen molar-refractivity contribution in [2.24, 2.45) is 5.73 Å². The maximum Gasteiger partial charge on any atom is 0.414 e. The lowest BCUT2D eigenvalue weighted by molar-refractivity contribution is -0.125. The number of nitrogens with two attached hydrogens (primary N) is 1. The molecule has 2 amide bonds. The minimum Gasteiger partial charge on any atom is -0.447 e. The molecule has 1 unspecified atom stereocenters. The van der Waals surface area contributed by atoms with Crippen LogP contribution in [0.5, 0.6) is 0 Å². The van der Waals surface area contributed by atoms with Gasteiger partial charge in [0.1, 0.15) is 13.2 Å². The largest absolute Gasteiger partial charge is 0.447 e. The fourth-order valence-corrected chi connectivity index (χ4v) is 2.53. The maximum absolute atomic E-state index is 11.8. The molecule has 2 aliphatic rings. The van der Waals surface area contributed by atoms with Gasteiger partial charge >= 0.3 is 6.09 Å². The number of anilines is 2. The topological polar surface area (TPSA) is 85.1 Å². The summed E-state index contributed by atoms with van der Waals surface area (Å²) < 4.78 is 10.1. The van der Waals surface area contributed by atoms with Crippen molar-refractivity contribution >= 4 is 35.8 Å². The molecule has 8 heteroatoms. The Morgan fingerprint density at radius 3 is 2.50 bits per heavy atom. The molecule has 0 spiro atoms. The third kappa shape index (κ3) is 3.01. The summed E-state index contributed by atoms with van der Waals surface area (Å²) in [6.07, 6.45) is -0.388. The highest BCUT2D eigenvalue weighted by Gasteiger charge is 2.33. The first kappa shape index (κ1) is 16.5. The molecule has 120 valence electrons. The van der Waals surface area contributed by atoms with Crippen LogP contribution >= 0.6 is 12.4 Å². The molecule has 2 fully saturated rings. The van der Waals surface area contributed by atoms with Crippen LogP contribution in [0.2, 0.25) is 0 Å². The van der Waals surface area contributed by atoms with Crippen LogP contribution in [0.25, 0.3) is 0 Å². The monoisotopic (exact) mass is 327 g/mol. The fourth-order valence-electron chi connectivity index (χ4n) is 2.53. The Bertz CT molecular complexity index is 552. The number of morpholine rings is 1. The van der Waals surface area contributed by atoms with Gasteiger partial charge in [0, 0.05) is 24.5 Å². The molecule has 7 nitrogen and oxygen atoms in total. The second kappa shape index (κ2) is 6.95. The summed E-state index contributed by atoms with van der Waals surface area (Å²) in [5, 5.41) is 0. The van der Waals surface area contributed by atoms with Crippen molar-refractivity contribution in [3.8, 4) is 0 Å². The van der Waals surface area contributed by atoms with E-state index in [1.807, 2.05) is 12.1 Å². The van der Waals surface area contributed by atoms with Crippen LogP contribution < -0.4 is 15.5 Å². The van der Waals surface area contributed by atoms with Gasteiger partial charge in [-0.1, -0.05) is 0 Å². The average Bonchev–Trinajstić information content (AvgIpc) is 2.89. The highest BCUT2D eigenvalue weighted by Crippen LogP contribution is 2.26. The van der Waals surface area contributed by atoms with Crippen LogP contribution in [0.3, 0.4) is 0 Å². The van der Waals surface area contributed by atoms with E-state index in [0.29, 0.717) is 26.3 Å². The molecule has 2 aliphatic heterocycles. The van der Waals surface area contributed by atoms with E-state index in [1.165, 1.54) is 0 Å². The van der Waals surface area contributed by atoms with Gasteiger partial charge < -0.3 is 20.1 Å². The van der Waals surface area contributed by atoms with E-state index in [0.717, 1.165) is 11.4 Å². The highest BCUT2D eigenvalue weighted by atomic mass is 35.5. The summed E-state index contributed by atoms with van der Waals surface area (Å²) in [4.78, 5) is 26.8. The molecule has 0 aliphatic carbocycles. The van der Waals surface area contributed by atoms with E-state index >= 15 is 0 Å². The summed E-state index contributed by atoms with van der Waals surface area (Å²) in [7, 11) is 0. The Hall–Kier alpha value is -1.83. The number of benzene rings is 1. The zero-order chi connectivity index (χ0) is 14.8. The highest BCUT2D eigenvalue weighted by molar-refractivity contribution is 5.95. The van der Waals surface area contributed by atoms with Gasteiger partial charge in [-0.3, -0.25) is 9.69 Å². The average molecular weight is 328 g/mol. The van der Waals surface area contributed by atoms with Crippen LogP contribution in [0.15, 0.2) is 24.3 Å². The maximum atomic E-state index is 11.8. The van der Waals surface area contributed by atoms with Crippen LogP contribution in [-0.2, 0) is 14.3 Å². The van der Waals surface area contributed by atoms with E-state index in [1.54, 1.807) is 21.9 Å². The summed E-state index contributed by atoms with van der Waals surface area (Å²) in [6.45, 7) is 1.82. The number of hydrogen-bond donors (Lipinski definition) is 1. The predicted molar refractivity (Wildman–Crippen MR) is 83.5 cm³/mol. The Labute approximate surface area is 134 Å². The zero-order valence-corrected chi connectivity index (χ0v) is 12.8. The molecule has 22 heavy (non-hydrogen) atoms. The Morgan fingerprint density at radius 1 is 1.18 bits per heavy atom. The summed E-state index contributed by atoms with van der Waals surface area (Å²) in [6, 6.07) is 7.09. The number of amides is 2. The number of nitrogens with zero attached hydrogens (tertiary/aromatic N) is 2. The molecule has 2 saturated heterocycles. The third-order valence-corrected chi connectivity index (χ3v) is 3.66. The van der Waals surface area contributed by atoms with Crippen LogP contribution in [-0.4, -0.2) is 51.0 Å². The van der Waals surface area contributed by atoms with E-state index < -0.39 is 0 Å². The second-order valence-electron chi connectivity index (χ2n) is 4.95. The van der Waals surface area contributed by atoms with Crippen molar-refractivity contribution in [1.82, 2.24) is 0 Å². The molecular weight excluding hydrogens is 310 g/mol. The molecule has 0 radical (unpaired) electrons. The van der Waals surface area contributed by atoms with Gasteiger partial charge in [-0.15, -0.1) is 12.4 Å². The molecule has 0 saturated carbocycles. The quantitative estimate of drug-likeness (QED) is 0.885. The summed E-state index contributed by atoms with van der Waals surface area (Å²) in [5.74, 6) is -0.0607. The molecule has 1 aromatic rings. The Morgan fingerprint density at radius 2 is 1.86 bits per heavy atom. The lowest BCUT2D eigenvalue weighted by Gasteiger charge is -2.27. The molecular formula is C14H18ClN3O4. The minimum absolute atomic E-state index is 0. The second-order valence-corrected chi connectivity index (χ2v) is 4.95. The minimum atomic E-state index is -0.388. The van der Waals surface area contributed by atoms with Crippen LogP contribution in [0.1, 0.15) is 0 Å². The van der Waals surface area contributed by atoms with Crippen molar-refractivity contribution in [2.45, 2.75) is 6.04 Å². The van der Waals surface area contributed by atoms with Crippen molar-refractivity contribution < 1.29 is 19.1 Å². The van der Waals surface area contributed by atoms with Crippen molar-refractivity contribution in [3.05, 3.63) is 24.3 Å². The molecule has 3 rings (SSSR count). The first-order valence-electron chi connectivity index (χ1n) is 6.85. The van der Waals surface area contributed by atoms with E-state index in [-0.39, 0.29) is 37.1 Å². The zero-order valence-electron chi connectivity index (χ0n) is 11.9.